The molecule has 0 aliphatic rings. The standard InChI is InChI=1S/C14H31NO2/c1-8-14(6,7)13(16)17-10-9-15(11(2)3)12(4)5/h11-13,16H,8-10H2,1-7H3. The van der Waals surface area contributed by atoms with E-state index < -0.39 is 6.29 Å². The Bertz CT molecular complexity index is 194. The highest BCUT2D eigenvalue weighted by Crippen LogP contribution is 2.25. The van der Waals surface area contributed by atoms with Crippen molar-refractivity contribution in [3.8, 4) is 0 Å². The number of nitrogens with zero attached hydrogens (tertiary/aromatic N) is 1. The topological polar surface area (TPSA) is 32.7 Å². The Balaban J connectivity index is 4.05. The molecule has 0 aromatic rings. The highest BCUT2D eigenvalue weighted by Gasteiger charge is 2.26. The Morgan fingerprint density at radius 2 is 1.59 bits per heavy atom. The molecule has 0 amide bonds. The van der Waals surface area contributed by atoms with E-state index in [0.29, 0.717) is 18.7 Å². The molecule has 0 heterocycles. The molecule has 0 bridgehead atoms. The van der Waals surface area contributed by atoms with E-state index in [-0.39, 0.29) is 5.41 Å². The lowest BCUT2D eigenvalue weighted by Gasteiger charge is -2.33. The van der Waals surface area contributed by atoms with Gasteiger partial charge in [0.05, 0.1) is 6.61 Å². The number of ether oxygens (including phenoxy) is 1. The number of aliphatic hydroxyl groups is 1. The lowest BCUT2D eigenvalue weighted by atomic mass is 9.89. The Hall–Kier alpha value is -0.120. The fourth-order valence-electron chi connectivity index (χ4n) is 1.78. The molecule has 0 radical (unpaired) electrons. The molecule has 3 heteroatoms. The van der Waals surface area contributed by atoms with Crippen LogP contribution in [-0.2, 0) is 4.74 Å². The molecule has 0 saturated carbocycles. The van der Waals surface area contributed by atoms with Crippen LogP contribution in [0.5, 0.6) is 0 Å². The molecule has 0 saturated heterocycles. The normalized spacial score (nSPS) is 15.0. The highest BCUT2D eigenvalue weighted by molar-refractivity contribution is 4.71. The molecule has 0 aliphatic heterocycles. The van der Waals surface area contributed by atoms with E-state index in [0.717, 1.165) is 13.0 Å². The summed E-state index contributed by atoms with van der Waals surface area (Å²) in [5, 5.41) is 9.93. The molecule has 3 nitrogen and oxygen atoms in total. The molecule has 0 aromatic heterocycles. The van der Waals surface area contributed by atoms with Crippen molar-refractivity contribution in [1.82, 2.24) is 4.90 Å². The summed E-state index contributed by atoms with van der Waals surface area (Å²) < 4.78 is 5.54. The van der Waals surface area contributed by atoms with Crippen LogP contribution in [0.4, 0.5) is 0 Å². The number of hydrogen-bond donors (Lipinski definition) is 1. The van der Waals surface area contributed by atoms with Gasteiger partial charge in [-0.1, -0.05) is 20.8 Å². The Morgan fingerprint density at radius 1 is 1.12 bits per heavy atom. The monoisotopic (exact) mass is 245 g/mol. The molecular formula is C14H31NO2. The third-order valence-corrected chi connectivity index (χ3v) is 3.53. The van der Waals surface area contributed by atoms with E-state index in [4.69, 9.17) is 4.74 Å². The Labute approximate surface area is 107 Å². The summed E-state index contributed by atoms with van der Waals surface area (Å²) in [5.41, 5.74) is -0.166. The second-order valence-corrected chi connectivity index (χ2v) is 5.99. The van der Waals surface area contributed by atoms with Gasteiger partial charge in [0.2, 0.25) is 0 Å². The lowest BCUT2D eigenvalue weighted by Crippen LogP contribution is -2.41. The second-order valence-electron chi connectivity index (χ2n) is 5.99. The van der Waals surface area contributed by atoms with Crippen LogP contribution in [0.3, 0.4) is 0 Å². The molecule has 0 rings (SSSR count). The first-order valence-corrected chi connectivity index (χ1v) is 6.77. The zero-order valence-corrected chi connectivity index (χ0v) is 12.7. The van der Waals surface area contributed by atoms with E-state index in [1.54, 1.807) is 0 Å². The van der Waals surface area contributed by atoms with Gasteiger partial charge in [-0.15, -0.1) is 0 Å². The quantitative estimate of drug-likeness (QED) is 0.667. The zero-order valence-electron chi connectivity index (χ0n) is 12.7. The maximum atomic E-state index is 9.93. The van der Waals surface area contributed by atoms with E-state index in [2.05, 4.69) is 39.5 Å². The predicted octanol–water partition coefficient (Wildman–Crippen LogP) is 2.88. The first-order valence-electron chi connectivity index (χ1n) is 6.77. The minimum atomic E-state index is -0.673. The number of rotatable bonds is 8. The summed E-state index contributed by atoms with van der Waals surface area (Å²) in [6, 6.07) is 1.02. The van der Waals surface area contributed by atoms with Crippen molar-refractivity contribution < 1.29 is 9.84 Å². The van der Waals surface area contributed by atoms with Crippen molar-refractivity contribution in [2.75, 3.05) is 13.2 Å². The molecule has 0 aromatic carbocycles. The highest BCUT2D eigenvalue weighted by atomic mass is 16.6. The van der Waals surface area contributed by atoms with Crippen LogP contribution in [-0.4, -0.2) is 41.5 Å². The molecule has 1 unspecified atom stereocenters. The van der Waals surface area contributed by atoms with Crippen molar-refractivity contribution in [3.63, 3.8) is 0 Å². The van der Waals surface area contributed by atoms with Gasteiger partial charge in [-0.25, -0.2) is 0 Å². The van der Waals surface area contributed by atoms with Gasteiger partial charge in [0.1, 0.15) is 0 Å². The number of hydrogen-bond acceptors (Lipinski definition) is 3. The molecule has 104 valence electrons. The van der Waals surface area contributed by atoms with Crippen LogP contribution < -0.4 is 0 Å². The summed E-state index contributed by atoms with van der Waals surface area (Å²) in [6.45, 7) is 16.3. The van der Waals surface area contributed by atoms with Gasteiger partial charge in [-0.3, -0.25) is 4.90 Å². The number of aliphatic hydroxyl groups excluding tert-OH is 1. The summed E-state index contributed by atoms with van der Waals surface area (Å²) in [4.78, 5) is 2.37. The van der Waals surface area contributed by atoms with Gasteiger partial charge in [0.15, 0.2) is 6.29 Å². The summed E-state index contributed by atoms with van der Waals surface area (Å²) in [7, 11) is 0. The van der Waals surface area contributed by atoms with Crippen LogP contribution in [0.15, 0.2) is 0 Å². The van der Waals surface area contributed by atoms with Crippen molar-refractivity contribution in [2.45, 2.75) is 73.3 Å². The third-order valence-electron chi connectivity index (χ3n) is 3.53. The van der Waals surface area contributed by atoms with Crippen molar-refractivity contribution >= 4 is 0 Å². The van der Waals surface area contributed by atoms with Crippen LogP contribution in [0.25, 0.3) is 0 Å². The summed E-state index contributed by atoms with van der Waals surface area (Å²) in [5.74, 6) is 0. The zero-order chi connectivity index (χ0) is 13.6. The van der Waals surface area contributed by atoms with Crippen molar-refractivity contribution in [1.29, 1.82) is 0 Å². The first-order chi connectivity index (χ1) is 7.72. The average Bonchev–Trinajstić information content (AvgIpc) is 2.22. The maximum absolute atomic E-state index is 9.93. The smallest absolute Gasteiger partial charge is 0.159 e. The lowest BCUT2D eigenvalue weighted by molar-refractivity contribution is -0.168. The van der Waals surface area contributed by atoms with Gasteiger partial charge in [0.25, 0.3) is 0 Å². The minimum Gasteiger partial charge on any atom is -0.368 e. The van der Waals surface area contributed by atoms with Crippen LogP contribution >= 0.6 is 0 Å². The first kappa shape index (κ1) is 16.9. The van der Waals surface area contributed by atoms with E-state index >= 15 is 0 Å². The largest absolute Gasteiger partial charge is 0.368 e. The maximum Gasteiger partial charge on any atom is 0.159 e. The molecule has 1 atom stereocenters. The van der Waals surface area contributed by atoms with E-state index in [1.165, 1.54) is 0 Å². The van der Waals surface area contributed by atoms with Crippen LogP contribution in [0.2, 0.25) is 0 Å². The van der Waals surface area contributed by atoms with Gasteiger partial charge in [-0.05, 0) is 34.1 Å². The van der Waals surface area contributed by atoms with Crippen molar-refractivity contribution in [3.05, 3.63) is 0 Å². The fraction of sp³-hybridized carbons (Fsp3) is 1.00. The molecule has 17 heavy (non-hydrogen) atoms. The fourth-order valence-corrected chi connectivity index (χ4v) is 1.78. The molecule has 0 aliphatic carbocycles. The predicted molar refractivity (Wildman–Crippen MR) is 73.0 cm³/mol. The van der Waals surface area contributed by atoms with Crippen LogP contribution in [0.1, 0.15) is 54.9 Å². The Morgan fingerprint density at radius 3 is 1.94 bits per heavy atom. The molecule has 1 N–H and O–H groups in total. The molecular weight excluding hydrogens is 214 g/mol. The SMILES string of the molecule is CCC(C)(C)C(O)OCCN(C(C)C)C(C)C. The van der Waals surface area contributed by atoms with Crippen LogP contribution in [0, 0.1) is 5.41 Å². The average molecular weight is 245 g/mol. The van der Waals surface area contributed by atoms with Gasteiger partial charge in [0, 0.05) is 24.0 Å². The van der Waals surface area contributed by atoms with Gasteiger partial charge < -0.3 is 9.84 Å². The van der Waals surface area contributed by atoms with E-state index in [9.17, 15) is 5.11 Å². The molecule has 0 fully saturated rings. The Kier molecular flexibility index (Phi) is 7.29. The van der Waals surface area contributed by atoms with E-state index in [1.807, 2.05) is 13.8 Å². The third kappa shape index (κ3) is 5.84. The van der Waals surface area contributed by atoms with Crippen molar-refractivity contribution in [2.24, 2.45) is 5.41 Å². The van der Waals surface area contributed by atoms with Gasteiger partial charge in [-0.2, -0.15) is 0 Å². The minimum absolute atomic E-state index is 0.166. The summed E-state index contributed by atoms with van der Waals surface area (Å²) in [6.07, 6.45) is 0.236. The second kappa shape index (κ2) is 7.34. The summed E-state index contributed by atoms with van der Waals surface area (Å²) >= 11 is 0. The van der Waals surface area contributed by atoms with Gasteiger partial charge >= 0.3 is 0 Å². The molecule has 0 spiro atoms.